The number of aliphatic hydroxyl groups is 1. The lowest BCUT2D eigenvalue weighted by atomic mass is 9.82. The molecule has 2 nitrogen and oxygen atoms in total. The first kappa shape index (κ1) is 6.62. The number of ether oxygens (including phenoxy) is 1. The zero-order chi connectivity index (χ0) is 7.35. The van der Waals surface area contributed by atoms with Crippen molar-refractivity contribution in [1.82, 2.24) is 0 Å². The van der Waals surface area contributed by atoms with E-state index in [1.807, 2.05) is 0 Å². The summed E-state index contributed by atoms with van der Waals surface area (Å²) in [4.78, 5) is 0. The molecule has 0 amide bonds. The average molecular weight is 142 g/mol. The molecule has 4 unspecified atom stereocenters. The molecular formula is C8H14O2. The number of epoxide rings is 1. The smallest absolute Gasteiger partial charge is 0.113 e. The summed E-state index contributed by atoms with van der Waals surface area (Å²) in [5, 5.41) is 9.53. The van der Waals surface area contributed by atoms with Crippen molar-refractivity contribution in [2.75, 3.05) is 0 Å². The maximum atomic E-state index is 9.53. The Bertz CT molecular complexity index is 157. The second kappa shape index (κ2) is 1.74. The van der Waals surface area contributed by atoms with E-state index in [4.69, 9.17) is 4.74 Å². The predicted molar refractivity (Wildman–Crippen MR) is 37.7 cm³/mol. The normalized spacial score (nSPS) is 59.7. The van der Waals surface area contributed by atoms with Gasteiger partial charge in [0.2, 0.25) is 0 Å². The molecule has 0 spiro atoms. The summed E-state index contributed by atoms with van der Waals surface area (Å²) in [6.45, 7) is 4.18. The summed E-state index contributed by atoms with van der Waals surface area (Å²) in [5.41, 5.74) is 0.0475. The molecule has 0 aromatic heterocycles. The highest BCUT2D eigenvalue weighted by molar-refractivity contribution is 5.07. The van der Waals surface area contributed by atoms with Gasteiger partial charge in [-0.05, 0) is 25.7 Å². The standard InChI is InChI=1S/C8H14O2/c1-5-3-4-8(2)7(10-8)6(5)9/h5-7,9H,3-4H2,1-2H3. The van der Waals surface area contributed by atoms with Crippen LogP contribution in [0.4, 0.5) is 0 Å². The zero-order valence-electron chi connectivity index (χ0n) is 6.50. The first-order chi connectivity index (χ1) is 4.63. The first-order valence-electron chi connectivity index (χ1n) is 3.99. The molecule has 1 saturated heterocycles. The third-order valence-electron chi connectivity index (χ3n) is 2.93. The van der Waals surface area contributed by atoms with Crippen LogP contribution in [0.5, 0.6) is 0 Å². The number of hydrogen-bond acceptors (Lipinski definition) is 2. The fourth-order valence-electron chi connectivity index (χ4n) is 1.87. The molecule has 1 aliphatic carbocycles. The van der Waals surface area contributed by atoms with E-state index in [1.54, 1.807) is 0 Å². The quantitative estimate of drug-likeness (QED) is 0.510. The van der Waals surface area contributed by atoms with Crippen LogP contribution in [-0.2, 0) is 4.74 Å². The van der Waals surface area contributed by atoms with Crippen LogP contribution in [0, 0.1) is 5.92 Å². The second-order valence-electron chi connectivity index (χ2n) is 3.86. The van der Waals surface area contributed by atoms with Crippen LogP contribution in [-0.4, -0.2) is 22.9 Å². The monoisotopic (exact) mass is 142 g/mol. The molecule has 0 aromatic rings. The van der Waals surface area contributed by atoms with Gasteiger partial charge in [0.25, 0.3) is 0 Å². The molecule has 0 bridgehead atoms. The topological polar surface area (TPSA) is 32.8 Å². The summed E-state index contributed by atoms with van der Waals surface area (Å²) < 4.78 is 5.40. The van der Waals surface area contributed by atoms with E-state index >= 15 is 0 Å². The van der Waals surface area contributed by atoms with E-state index in [0.717, 1.165) is 12.8 Å². The van der Waals surface area contributed by atoms with Crippen LogP contribution in [0.1, 0.15) is 26.7 Å². The van der Waals surface area contributed by atoms with Crippen LogP contribution in [0.3, 0.4) is 0 Å². The Balaban J connectivity index is 2.09. The molecule has 2 aliphatic rings. The highest BCUT2D eigenvalue weighted by Crippen LogP contribution is 2.48. The SMILES string of the molecule is CC1CCC2(C)OC2C1O. The third kappa shape index (κ3) is 0.722. The second-order valence-corrected chi connectivity index (χ2v) is 3.86. The summed E-state index contributed by atoms with van der Waals surface area (Å²) in [7, 11) is 0. The van der Waals surface area contributed by atoms with Gasteiger partial charge in [0.05, 0.1) is 11.7 Å². The Morgan fingerprint density at radius 2 is 2.30 bits per heavy atom. The molecule has 1 N–H and O–H groups in total. The predicted octanol–water partition coefficient (Wildman–Crippen LogP) is 0.935. The summed E-state index contributed by atoms with van der Waals surface area (Å²) in [5.74, 6) is 0.431. The van der Waals surface area contributed by atoms with Crippen LogP contribution in [0.2, 0.25) is 0 Å². The van der Waals surface area contributed by atoms with Crippen molar-refractivity contribution in [1.29, 1.82) is 0 Å². The largest absolute Gasteiger partial charge is 0.390 e. The lowest BCUT2D eigenvalue weighted by Crippen LogP contribution is -2.34. The molecule has 1 aliphatic heterocycles. The Hall–Kier alpha value is -0.0800. The van der Waals surface area contributed by atoms with Gasteiger partial charge >= 0.3 is 0 Å². The van der Waals surface area contributed by atoms with Crippen LogP contribution >= 0.6 is 0 Å². The number of fused-ring (bicyclic) bond motifs is 1. The highest BCUT2D eigenvalue weighted by Gasteiger charge is 2.59. The average Bonchev–Trinajstić information content (AvgIpc) is 2.56. The van der Waals surface area contributed by atoms with Crippen molar-refractivity contribution in [3.05, 3.63) is 0 Å². The summed E-state index contributed by atoms with van der Waals surface area (Å²) in [6, 6.07) is 0. The Morgan fingerprint density at radius 1 is 1.60 bits per heavy atom. The molecule has 2 rings (SSSR count). The molecule has 2 heteroatoms. The van der Waals surface area contributed by atoms with E-state index in [0.29, 0.717) is 5.92 Å². The molecule has 10 heavy (non-hydrogen) atoms. The maximum Gasteiger partial charge on any atom is 0.113 e. The van der Waals surface area contributed by atoms with Crippen molar-refractivity contribution in [2.24, 2.45) is 5.92 Å². The minimum Gasteiger partial charge on any atom is -0.390 e. The number of hydrogen-bond donors (Lipinski definition) is 1. The van der Waals surface area contributed by atoms with Crippen molar-refractivity contribution in [3.8, 4) is 0 Å². The lowest BCUT2D eigenvalue weighted by molar-refractivity contribution is 0.0761. The van der Waals surface area contributed by atoms with Gasteiger partial charge in [-0.15, -0.1) is 0 Å². The van der Waals surface area contributed by atoms with Gasteiger partial charge in [0.15, 0.2) is 0 Å². The fraction of sp³-hybridized carbons (Fsp3) is 1.00. The van der Waals surface area contributed by atoms with Crippen molar-refractivity contribution < 1.29 is 9.84 Å². The Morgan fingerprint density at radius 3 is 2.90 bits per heavy atom. The molecular weight excluding hydrogens is 128 g/mol. The van der Waals surface area contributed by atoms with Crippen LogP contribution in [0.15, 0.2) is 0 Å². The first-order valence-corrected chi connectivity index (χ1v) is 3.99. The summed E-state index contributed by atoms with van der Waals surface area (Å²) >= 11 is 0. The molecule has 1 heterocycles. The fourth-order valence-corrected chi connectivity index (χ4v) is 1.87. The van der Waals surface area contributed by atoms with E-state index < -0.39 is 0 Å². The van der Waals surface area contributed by atoms with Gasteiger partial charge in [-0.1, -0.05) is 6.92 Å². The zero-order valence-corrected chi connectivity index (χ0v) is 6.50. The molecule has 0 radical (unpaired) electrons. The van der Waals surface area contributed by atoms with Gasteiger partial charge in [-0.3, -0.25) is 0 Å². The van der Waals surface area contributed by atoms with Crippen LogP contribution < -0.4 is 0 Å². The molecule has 58 valence electrons. The number of rotatable bonds is 0. The van der Waals surface area contributed by atoms with E-state index in [1.165, 1.54) is 0 Å². The van der Waals surface area contributed by atoms with E-state index in [9.17, 15) is 5.11 Å². The lowest BCUT2D eigenvalue weighted by Gasteiger charge is -2.23. The van der Waals surface area contributed by atoms with E-state index in [2.05, 4.69) is 13.8 Å². The van der Waals surface area contributed by atoms with Gasteiger partial charge in [-0.25, -0.2) is 0 Å². The van der Waals surface area contributed by atoms with Gasteiger partial charge < -0.3 is 9.84 Å². The maximum absolute atomic E-state index is 9.53. The Labute approximate surface area is 61.2 Å². The van der Waals surface area contributed by atoms with Crippen LogP contribution in [0.25, 0.3) is 0 Å². The molecule has 0 aromatic carbocycles. The van der Waals surface area contributed by atoms with Gasteiger partial charge in [0, 0.05) is 0 Å². The van der Waals surface area contributed by atoms with Crippen molar-refractivity contribution in [2.45, 2.75) is 44.5 Å². The minimum absolute atomic E-state index is 0.0475. The van der Waals surface area contributed by atoms with Gasteiger partial charge in [0.1, 0.15) is 6.10 Å². The van der Waals surface area contributed by atoms with Gasteiger partial charge in [-0.2, -0.15) is 0 Å². The summed E-state index contributed by atoms with van der Waals surface area (Å²) in [6.07, 6.45) is 2.17. The molecule has 4 atom stereocenters. The van der Waals surface area contributed by atoms with Crippen molar-refractivity contribution in [3.63, 3.8) is 0 Å². The molecule has 1 saturated carbocycles. The van der Waals surface area contributed by atoms with E-state index in [-0.39, 0.29) is 17.8 Å². The number of aliphatic hydroxyl groups excluding tert-OH is 1. The third-order valence-corrected chi connectivity index (χ3v) is 2.93. The minimum atomic E-state index is -0.209. The Kier molecular flexibility index (Phi) is 1.15. The molecule has 2 fully saturated rings. The van der Waals surface area contributed by atoms with Crippen molar-refractivity contribution >= 4 is 0 Å². The highest BCUT2D eigenvalue weighted by atomic mass is 16.6.